The van der Waals surface area contributed by atoms with Crippen molar-refractivity contribution in [1.82, 2.24) is 5.32 Å². The molecule has 0 radical (unpaired) electrons. The second-order valence-electron chi connectivity index (χ2n) is 3.39. The van der Waals surface area contributed by atoms with Crippen LogP contribution in [0.15, 0.2) is 12.7 Å². The number of nitrogens with one attached hydrogen (secondary N) is 1. The van der Waals surface area contributed by atoms with Crippen molar-refractivity contribution in [2.75, 3.05) is 6.54 Å². The Hall–Kier alpha value is -0.830. The molecule has 1 atom stereocenters. The molecule has 0 fully saturated rings. The second-order valence-corrected chi connectivity index (χ2v) is 3.39. The average Bonchev–Trinajstić information content (AvgIpc) is 2.11. The summed E-state index contributed by atoms with van der Waals surface area (Å²) in [7, 11) is 0. The third-order valence-corrected chi connectivity index (χ3v) is 2.09. The number of carboxylic acid groups (broad SMARTS) is 1. The largest absolute Gasteiger partial charge is 0.480 e. The van der Waals surface area contributed by atoms with Crippen LogP contribution in [0.1, 0.15) is 33.1 Å². The lowest BCUT2D eigenvalue weighted by Crippen LogP contribution is -2.49. The van der Waals surface area contributed by atoms with Gasteiger partial charge >= 0.3 is 5.97 Å². The van der Waals surface area contributed by atoms with Gasteiger partial charge in [-0.2, -0.15) is 0 Å². The predicted octanol–water partition coefficient (Wildman–Crippen LogP) is 1.80. The van der Waals surface area contributed by atoms with Gasteiger partial charge in [-0.1, -0.05) is 13.0 Å². The normalized spacial score (nSPS) is 14.9. The lowest BCUT2D eigenvalue weighted by atomic mass is 9.96. The summed E-state index contributed by atoms with van der Waals surface area (Å²) in [4.78, 5) is 10.9. The zero-order chi connectivity index (χ0) is 10.3. The zero-order valence-corrected chi connectivity index (χ0v) is 8.47. The molecule has 0 aromatic heterocycles. The molecule has 0 spiro atoms. The summed E-state index contributed by atoms with van der Waals surface area (Å²) in [6.07, 6.45) is 4.00. The van der Waals surface area contributed by atoms with Gasteiger partial charge in [-0.15, -0.1) is 6.58 Å². The molecule has 3 nitrogen and oxygen atoms in total. The Bertz CT molecular complexity index is 180. The van der Waals surface area contributed by atoms with E-state index in [1.165, 1.54) is 0 Å². The molecule has 13 heavy (non-hydrogen) atoms. The molecule has 2 N–H and O–H groups in total. The van der Waals surface area contributed by atoms with E-state index in [1.807, 2.05) is 6.92 Å². The summed E-state index contributed by atoms with van der Waals surface area (Å²) in [6, 6.07) is 0. The summed E-state index contributed by atoms with van der Waals surface area (Å²) >= 11 is 0. The summed E-state index contributed by atoms with van der Waals surface area (Å²) < 4.78 is 0. The van der Waals surface area contributed by atoms with Crippen molar-refractivity contribution in [3.63, 3.8) is 0 Å². The molecule has 1 unspecified atom stereocenters. The van der Waals surface area contributed by atoms with Gasteiger partial charge in [0.1, 0.15) is 5.54 Å². The Balaban J connectivity index is 4.15. The monoisotopic (exact) mass is 185 g/mol. The van der Waals surface area contributed by atoms with Crippen molar-refractivity contribution in [2.24, 2.45) is 0 Å². The highest BCUT2D eigenvalue weighted by Gasteiger charge is 2.30. The van der Waals surface area contributed by atoms with Crippen molar-refractivity contribution in [3.05, 3.63) is 12.7 Å². The van der Waals surface area contributed by atoms with Gasteiger partial charge in [-0.05, 0) is 32.7 Å². The van der Waals surface area contributed by atoms with E-state index < -0.39 is 11.5 Å². The standard InChI is InChI=1S/C10H19NO2/c1-4-6-7-10(3,9(12)13)11-8-5-2/h4,11H,1,5-8H2,2-3H3,(H,12,13). The van der Waals surface area contributed by atoms with Gasteiger partial charge in [0.25, 0.3) is 0 Å². The summed E-state index contributed by atoms with van der Waals surface area (Å²) in [5.74, 6) is -0.789. The third kappa shape index (κ3) is 4.08. The first-order valence-corrected chi connectivity index (χ1v) is 4.66. The van der Waals surface area contributed by atoms with Crippen LogP contribution in [0.4, 0.5) is 0 Å². The van der Waals surface area contributed by atoms with Crippen molar-refractivity contribution in [1.29, 1.82) is 0 Å². The Morgan fingerprint density at radius 3 is 2.69 bits per heavy atom. The molecule has 0 rings (SSSR count). The maximum atomic E-state index is 10.9. The lowest BCUT2D eigenvalue weighted by Gasteiger charge is -2.25. The number of hydrogen-bond acceptors (Lipinski definition) is 2. The van der Waals surface area contributed by atoms with E-state index in [-0.39, 0.29) is 0 Å². The number of hydrogen-bond donors (Lipinski definition) is 2. The van der Waals surface area contributed by atoms with Crippen LogP contribution in [-0.4, -0.2) is 23.2 Å². The first kappa shape index (κ1) is 12.2. The number of aliphatic carboxylic acids is 1. The molecule has 0 saturated carbocycles. The van der Waals surface area contributed by atoms with Crippen molar-refractivity contribution >= 4 is 5.97 Å². The molecule has 0 amide bonds. The van der Waals surface area contributed by atoms with Crippen molar-refractivity contribution < 1.29 is 9.90 Å². The van der Waals surface area contributed by atoms with E-state index in [9.17, 15) is 4.79 Å². The Labute approximate surface area is 79.8 Å². The first-order chi connectivity index (χ1) is 6.06. The van der Waals surface area contributed by atoms with Crippen LogP contribution in [0.3, 0.4) is 0 Å². The van der Waals surface area contributed by atoms with Crippen LogP contribution in [0.25, 0.3) is 0 Å². The quantitative estimate of drug-likeness (QED) is 0.594. The predicted molar refractivity (Wildman–Crippen MR) is 53.8 cm³/mol. The van der Waals surface area contributed by atoms with Crippen LogP contribution in [-0.2, 0) is 4.79 Å². The molecule has 0 aromatic carbocycles. The summed E-state index contributed by atoms with van der Waals surface area (Å²) in [5, 5.41) is 12.0. The highest BCUT2D eigenvalue weighted by molar-refractivity contribution is 5.78. The minimum atomic E-state index is -0.801. The number of allylic oxidation sites excluding steroid dienone is 1. The Morgan fingerprint density at radius 2 is 2.31 bits per heavy atom. The molecular weight excluding hydrogens is 166 g/mol. The molecule has 0 bridgehead atoms. The molecule has 0 aliphatic rings. The summed E-state index contributed by atoms with van der Waals surface area (Å²) in [5.41, 5.74) is -0.801. The van der Waals surface area contributed by atoms with E-state index in [0.717, 1.165) is 19.4 Å². The molecule has 0 heterocycles. The molecule has 0 aliphatic heterocycles. The minimum Gasteiger partial charge on any atom is -0.480 e. The molecular formula is C10H19NO2. The molecule has 3 heteroatoms. The first-order valence-electron chi connectivity index (χ1n) is 4.66. The topological polar surface area (TPSA) is 49.3 Å². The van der Waals surface area contributed by atoms with Crippen LogP contribution < -0.4 is 5.32 Å². The number of rotatable bonds is 7. The number of carboxylic acids is 1. The van der Waals surface area contributed by atoms with E-state index in [4.69, 9.17) is 5.11 Å². The van der Waals surface area contributed by atoms with Crippen LogP contribution in [0, 0.1) is 0 Å². The van der Waals surface area contributed by atoms with Crippen molar-refractivity contribution in [2.45, 2.75) is 38.6 Å². The fourth-order valence-electron chi connectivity index (χ4n) is 1.06. The maximum absolute atomic E-state index is 10.9. The van der Waals surface area contributed by atoms with E-state index >= 15 is 0 Å². The minimum absolute atomic E-state index is 0.589. The molecule has 76 valence electrons. The van der Waals surface area contributed by atoms with Gasteiger partial charge in [0, 0.05) is 0 Å². The van der Waals surface area contributed by atoms with Gasteiger partial charge in [0.05, 0.1) is 0 Å². The van der Waals surface area contributed by atoms with Gasteiger partial charge in [0.15, 0.2) is 0 Å². The molecule has 0 aromatic rings. The lowest BCUT2D eigenvalue weighted by molar-refractivity contribution is -0.144. The van der Waals surface area contributed by atoms with Gasteiger partial charge in [-0.3, -0.25) is 4.79 Å². The fourth-order valence-corrected chi connectivity index (χ4v) is 1.06. The average molecular weight is 185 g/mol. The SMILES string of the molecule is C=CCCC(C)(NCCC)C(=O)O. The Kier molecular flexibility index (Phi) is 5.39. The summed E-state index contributed by atoms with van der Waals surface area (Å²) in [6.45, 7) is 8.05. The highest BCUT2D eigenvalue weighted by atomic mass is 16.4. The van der Waals surface area contributed by atoms with Crippen molar-refractivity contribution in [3.8, 4) is 0 Å². The van der Waals surface area contributed by atoms with Gasteiger partial charge in [-0.25, -0.2) is 0 Å². The van der Waals surface area contributed by atoms with Gasteiger partial charge in [0.2, 0.25) is 0 Å². The number of carbonyl (C=O) groups is 1. The molecule has 0 aliphatic carbocycles. The van der Waals surface area contributed by atoms with Crippen LogP contribution in [0.2, 0.25) is 0 Å². The zero-order valence-electron chi connectivity index (χ0n) is 8.47. The highest BCUT2D eigenvalue weighted by Crippen LogP contribution is 2.12. The molecule has 0 saturated heterocycles. The fraction of sp³-hybridized carbons (Fsp3) is 0.700. The van der Waals surface area contributed by atoms with E-state index in [0.29, 0.717) is 6.42 Å². The Morgan fingerprint density at radius 1 is 1.69 bits per heavy atom. The van der Waals surface area contributed by atoms with E-state index in [1.54, 1.807) is 13.0 Å². The van der Waals surface area contributed by atoms with Crippen LogP contribution >= 0.6 is 0 Å². The van der Waals surface area contributed by atoms with Gasteiger partial charge < -0.3 is 10.4 Å². The maximum Gasteiger partial charge on any atom is 0.323 e. The second kappa shape index (κ2) is 5.75. The van der Waals surface area contributed by atoms with E-state index in [2.05, 4.69) is 11.9 Å². The third-order valence-electron chi connectivity index (χ3n) is 2.09. The van der Waals surface area contributed by atoms with Crippen LogP contribution in [0.5, 0.6) is 0 Å². The smallest absolute Gasteiger partial charge is 0.323 e.